The van der Waals surface area contributed by atoms with Crippen molar-refractivity contribution in [3.05, 3.63) is 0 Å². The zero-order valence-electron chi connectivity index (χ0n) is 10.0. The average Bonchev–Trinajstić information content (AvgIpc) is 2.16. The lowest BCUT2D eigenvalue weighted by atomic mass is 10.3. The van der Waals surface area contributed by atoms with E-state index >= 15 is 0 Å². The minimum Gasteiger partial charge on any atom is -0.354 e. The van der Waals surface area contributed by atoms with Crippen LogP contribution in [0.5, 0.6) is 0 Å². The SMILES string of the molecule is CC(C)NC(=O)CCNC(=O)NC(=O)CCCl. The molecule has 0 atom stereocenters. The van der Waals surface area contributed by atoms with Gasteiger partial charge in [0.2, 0.25) is 11.8 Å². The smallest absolute Gasteiger partial charge is 0.321 e. The van der Waals surface area contributed by atoms with Crippen molar-refractivity contribution in [3.63, 3.8) is 0 Å². The number of carbonyl (C=O) groups excluding carboxylic acids is 3. The molecule has 4 amide bonds. The minimum absolute atomic E-state index is 0.0709. The fourth-order valence-corrected chi connectivity index (χ4v) is 1.17. The van der Waals surface area contributed by atoms with Crippen LogP contribution in [-0.2, 0) is 9.59 Å². The molecule has 3 N–H and O–H groups in total. The average molecular weight is 264 g/mol. The first-order valence-electron chi connectivity index (χ1n) is 5.38. The molecular weight excluding hydrogens is 246 g/mol. The van der Waals surface area contributed by atoms with Crippen LogP contribution in [0.25, 0.3) is 0 Å². The number of nitrogens with one attached hydrogen (secondary N) is 3. The Kier molecular flexibility index (Phi) is 8.13. The number of urea groups is 1. The molecule has 0 bridgehead atoms. The number of amides is 4. The molecule has 7 heteroatoms. The van der Waals surface area contributed by atoms with Gasteiger partial charge in [-0.2, -0.15) is 0 Å². The molecule has 0 fully saturated rings. The first kappa shape index (κ1) is 15.7. The van der Waals surface area contributed by atoms with Crippen LogP contribution in [0.15, 0.2) is 0 Å². The van der Waals surface area contributed by atoms with Crippen molar-refractivity contribution in [1.82, 2.24) is 16.0 Å². The maximum Gasteiger partial charge on any atom is 0.321 e. The summed E-state index contributed by atoms with van der Waals surface area (Å²) < 4.78 is 0. The van der Waals surface area contributed by atoms with Gasteiger partial charge in [-0.05, 0) is 13.8 Å². The normalized spacial score (nSPS) is 9.88. The van der Waals surface area contributed by atoms with Crippen LogP contribution in [0.3, 0.4) is 0 Å². The molecule has 0 spiro atoms. The van der Waals surface area contributed by atoms with Crippen molar-refractivity contribution in [1.29, 1.82) is 0 Å². The highest BCUT2D eigenvalue weighted by Gasteiger charge is 2.07. The van der Waals surface area contributed by atoms with Gasteiger partial charge < -0.3 is 10.6 Å². The summed E-state index contributed by atoms with van der Waals surface area (Å²) in [7, 11) is 0. The summed E-state index contributed by atoms with van der Waals surface area (Å²) in [6.07, 6.45) is 0.262. The summed E-state index contributed by atoms with van der Waals surface area (Å²) in [5, 5.41) is 7.17. The second-order valence-corrected chi connectivity index (χ2v) is 4.09. The predicted molar refractivity (Wildman–Crippen MR) is 64.8 cm³/mol. The van der Waals surface area contributed by atoms with Gasteiger partial charge in [0.25, 0.3) is 0 Å². The molecule has 0 aliphatic carbocycles. The molecule has 98 valence electrons. The van der Waals surface area contributed by atoms with Crippen molar-refractivity contribution < 1.29 is 14.4 Å². The molecule has 0 radical (unpaired) electrons. The fraction of sp³-hybridized carbons (Fsp3) is 0.700. The van der Waals surface area contributed by atoms with Crippen LogP contribution in [0.2, 0.25) is 0 Å². The lowest BCUT2D eigenvalue weighted by molar-refractivity contribution is -0.121. The second-order valence-electron chi connectivity index (χ2n) is 3.72. The van der Waals surface area contributed by atoms with E-state index in [0.29, 0.717) is 0 Å². The third kappa shape index (κ3) is 9.62. The van der Waals surface area contributed by atoms with Gasteiger partial charge in [-0.25, -0.2) is 4.79 Å². The Morgan fingerprint density at radius 2 is 1.76 bits per heavy atom. The molecular formula is C10H18ClN3O3. The van der Waals surface area contributed by atoms with Gasteiger partial charge in [0.15, 0.2) is 0 Å². The molecule has 0 aromatic rings. The predicted octanol–water partition coefficient (Wildman–Crippen LogP) is 0.356. The minimum atomic E-state index is -0.613. The first-order chi connectivity index (χ1) is 7.95. The molecule has 0 rings (SSSR count). The summed E-state index contributed by atoms with van der Waals surface area (Å²) in [6, 6.07) is -0.543. The molecule has 0 heterocycles. The Balaban J connectivity index is 3.64. The van der Waals surface area contributed by atoms with Crippen molar-refractivity contribution in [2.45, 2.75) is 32.7 Å². The Morgan fingerprint density at radius 1 is 1.12 bits per heavy atom. The molecule has 0 unspecified atom stereocenters. The standard InChI is InChI=1S/C10H18ClN3O3/c1-7(2)13-9(16)4-6-12-10(17)14-8(15)3-5-11/h7H,3-6H2,1-2H3,(H,13,16)(H2,12,14,15,17). The van der Waals surface area contributed by atoms with Gasteiger partial charge in [0.05, 0.1) is 0 Å². The second kappa shape index (κ2) is 8.81. The third-order valence-corrected chi connectivity index (χ3v) is 1.85. The van der Waals surface area contributed by atoms with Gasteiger partial charge in [0, 0.05) is 31.3 Å². The highest BCUT2D eigenvalue weighted by atomic mass is 35.5. The molecule has 17 heavy (non-hydrogen) atoms. The molecule has 0 aromatic heterocycles. The Hall–Kier alpha value is -1.30. The van der Waals surface area contributed by atoms with Crippen LogP contribution >= 0.6 is 11.6 Å². The van der Waals surface area contributed by atoms with Gasteiger partial charge in [-0.3, -0.25) is 14.9 Å². The van der Waals surface area contributed by atoms with Gasteiger partial charge in [0.1, 0.15) is 0 Å². The number of hydrogen-bond donors (Lipinski definition) is 3. The highest BCUT2D eigenvalue weighted by Crippen LogP contribution is 1.85. The maximum atomic E-state index is 11.2. The van der Waals surface area contributed by atoms with Crippen LogP contribution in [0.4, 0.5) is 4.79 Å². The summed E-state index contributed by atoms with van der Waals surface area (Å²) >= 11 is 5.33. The van der Waals surface area contributed by atoms with Crippen LogP contribution in [0.1, 0.15) is 26.7 Å². The molecule has 0 saturated heterocycles. The first-order valence-corrected chi connectivity index (χ1v) is 5.92. The van der Waals surface area contributed by atoms with Crippen LogP contribution in [0, 0.1) is 0 Å². The van der Waals surface area contributed by atoms with E-state index in [1.165, 1.54) is 0 Å². The van der Waals surface area contributed by atoms with Crippen LogP contribution in [-0.4, -0.2) is 36.3 Å². The largest absolute Gasteiger partial charge is 0.354 e. The van der Waals surface area contributed by atoms with E-state index in [9.17, 15) is 14.4 Å². The van der Waals surface area contributed by atoms with Crippen molar-refractivity contribution in [2.75, 3.05) is 12.4 Å². The van der Waals surface area contributed by atoms with E-state index in [4.69, 9.17) is 11.6 Å². The zero-order valence-corrected chi connectivity index (χ0v) is 10.8. The molecule has 6 nitrogen and oxygen atoms in total. The van der Waals surface area contributed by atoms with E-state index in [0.717, 1.165) is 0 Å². The number of halogens is 1. The fourth-order valence-electron chi connectivity index (χ4n) is 1.00. The summed E-state index contributed by atoms with van der Waals surface area (Å²) in [5.74, 6) is -0.424. The van der Waals surface area contributed by atoms with E-state index in [1.54, 1.807) is 0 Å². The lowest BCUT2D eigenvalue weighted by Crippen LogP contribution is -2.41. The number of imide groups is 1. The lowest BCUT2D eigenvalue weighted by Gasteiger charge is -2.09. The van der Waals surface area contributed by atoms with E-state index in [1.807, 2.05) is 13.8 Å². The monoisotopic (exact) mass is 263 g/mol. The number of rotatable bonds is 6. The summed E-state index contributed by atoms with van der Waals surface area (Å²) in [4.78, 5) is 33.3. The van der Waals surface area contributed by atoms with Gasteiger partial charge in [-0.1, -0.05) is 0 Å². The molecule has 0 aliphatic heterocycles. The van der Waals surface area contributed by atoms with E-state index in [2.05, 4.69) is 16.0 Å². The third-order valence-electron chi connectivity index (χ3n) is 1.66. The van der Waals surface area contributed by atoms with Crippen LogP contribution < -0.4 is 16.0 Å². The Labute approximate surface area is 105 Å². The van der Waals surface area contributed by atoms with E-state index < -0.39 is 11.9 Å². The Bertz CT molecular complexity index is 282. The summed E-state index contributed by atoms with van der Waals surface area (Å²) in [6.45, 7) is 3.88. The van der Waals surface area contributed by atoms with Gasteiger partial charge >= 0.3 is 6.03 Å². The maximum absolute atomic E-state index is 11.2. The number of hydrogen-bond acceptors (Lipinski definition) is 3. The number of alkyl halides is 1. The zero-order chi connectivity index (χ0) is 13.3. The molecule has 0 saturated carbocycles. The van der Waals surface area contributed by atoms with Crippen molar-refractivity contribution in [2.24, 2.45) is 0 Å². The summed E-state index contributed by atoms with van der Waals surface area (Å²) in [5.41, 5.74) is 0. The quantitative estimate of drug-likeness (QED) is 0.605. The Morgan fingerprint density at radius 3 is 2.29 bits per heavy atom. The molecule has 0 aromatic carbocycles. The topological polar surface area (TPSA) is 87.3 Å². The molecule has 0 aliphatic rings. The van der Waals surface area contributed by atoms with Gasteiger partial charge in [-0.15, -0.1) is 11.6 Å². The van der Waals surface area contributed by atoms with Crippen molar-refractivity contribution >= 4 is 29.4 Å². The van der Waals surface area contributed by atoms with Crippen molar-refractivity contribution in [3.8, 4) is 0 Å². The van der Waals surface area contributed by atoms with E-state index in [-0.39, 0.29) is 37.2 Å². The number of carbonyl (C=O) groups is 3. The highest BCUT2D eigenvalue weighted by molar-refractivity contribution is 6.19.